The van der Waals surface area contributed by atoms with Crippen LogP contribution in [-0.4, -0.2) is 24.0 Å². The maximum Gasteiger partial charge on any atom is 0.446 e. The first-order chi connectivity index (χ1) is 6.79. The van der Waals surface area contributed by atoms with Crippen LogP contribution in [-0.2, 0) is 10.4 Å². The lowest BCUT2D eigenvalue weighted by molar-refractivity contribution is 0.0696. The van der Waals surface area contributed by atoms with Crippen molar-refractivity contribution in [3.05, 3.63) is 29.3 Å². The van der Waals surface area contributed by atoms with E-state index in [2.05, 4.69) is 4.18 Å². The summed E-state index contributed by atoms with van der Waals surface area (Å²) in [6.07, 6.45) is 0. The van der Waals surface area contributed by atoms with E-state index < -0.39 is 16.4 Å². The second-order valence-electron chi connectivity index (χ2n) is 2.79. The Kier molecular flexibility index (Phi) is 2.96. The molecule has 0 aliphatic rings. The van der Waals surface area contributed by atoms with Gasteiger partial charge in [0.1, 0.15) is 5.75 Å². The van der Waals surface area contributed by atoms with Crippen molar-refractivity contribution in [3.8, 4) is 5.75 Å². The molecule has 0 saturated carbocycles. The van der Waals surface area contributed by atoms with Crippen molar-refractivity contribution < 1.29 is 27.1 Å². The van der Waals surface area contributed by atoms with Gasteiger partial charge in [-0.25, -0.2) is 4.79 Å². The van der Waals surface area contributed by atoms with Crippen LogP contribution in [0.5, 0.6) is 5.75 Å². The fourth-order valence-corrected chi connectivity index (χ4v) is 1.40. The van der Waals surface area contributed by atoms with Crippen LogP contribution < -0.4 is 4.18 Å². The Hall–Kier alpha value is -1.60. The third-order valence-corrected chi connectivity index (χ3v) is 2.03. The van der Waals surface area contributed by atoms with Crippen LogP contribution in [0.3, 0.4) is 0 Å². The Morgan fingerprint density at radius 2 is 2.00 bits per heavy atom. The minimum Gasteiger partial charge on any atom is -0.478 e. The first-order valence-electron chi connectivity index (χ1n) is 3.80. The Morgan fingerprint density at radius 3 is 2.40 bits per heavy atom. The molecule has 0 aromatic heterocycles. The number of carbonyl (C=O) groups is 1. The van der Waals surface area contributed by atoms with Crippen LogP contribution in [0.1, 0.15) is 15.9 Å². The number of carboxylic acid groups (broad SMARTS) is 1. The summed E-state index contributed by atoms with van der Waals surface area (Å²) in [5, 5.41) is 8.68. The molecule has 0 aliphatic carbocycles. The molecule has 82 valence electrons. The SMILES string of the molecule is Cc1cc(OS(=O)(=O)O)ccc1C(=O)O. The molecule has 0 aliphatic heterocycles. The molecule has 0 radical (unpaired) electrons. The highest BCUT2D eigenvalue weighted by Gasteiger charge is 2.11. The van der Waals surface area contributed by atoms with Crippen molar-refractivity contribution in [2.75, 3.05) is 0 Å². The second-order valence-corrected chi connectivity index (χ2v) is 3.82. The molecule has 0 heterocycles. The highest BCUT2D eigenvalue weighted by Crippen LogP contribution is 2.18. The van der Waals surface area contributed by atoms with E-state index in [0.29, 0.717) is 5.56 Å². The third kappa shape index (κ3) is 3.22. The molecule has 0 amide bonds. The van der Waals surface area contributed by atoms with Crippen molar-refractivity contribution >= 4 is 16.4 Å². The molecule has 2 N–H and O–H groups in total. The van der Waals surface area contributed by atoms with E-state index >= 15 is 0 Å². The first-order valence-corrected chi connectivity index (χ1v) is 5.17. The fraction of sp³-hybridized carbons (Fsp3) is 0.125. The molecule has 0 bridgehead atoms. The van der Waals surface area contributed by atoms with Crippen LogP contribution in [0.25, 0.3) is 0 Å². The zero-order chi connectivity index (χ0) is 11.6. The van der Waals surface area contributed by atoms with E-state index in [1.54, 1.807) is 0 Å². The first kappa shape index (κ1) is 11.5. The van der Waals surface area contributed by atoms with E-state index in [4.69, 9.17) is 9.66 Å². The van der Waals surface area contributed by atoms with E-state index in [1.165, 1.54) is 19.1 Å². The lowest BCUT2D eigenvalue weighted by Crippen LogP contribution is -2.07. The highest BCUT2D eigenvalue weighted by atomic mass is 32.3. The monoisotopic (exact) mass is 232 g/mol. The van der Waals surface area contributed by atoms with E-state index in [-0.39, 0.29) is 11.3 Å². The normalized spacial score (nSPS) is 11.1. The predicted molar refractivity (Wildman–Crippen MR) is 50.3 cm³/mol. The molecule has 0 fully saturated rings. The number of hydrogen-bond acceptors (Lipinski definition) is 4. The van der Waals surface area contributed by atoms with Crippen LogP contribution in [0.4, 0.5) is 0 Å². The molecule has 6 nitrogen and oxygen atoms in total. The van der Waals surface area contributed by atoms with Gasteiger partial charge in [-0.3, -0.25) is 4.55 Å². The molecule has 0 unspecified atom stereocenters. The maximum atomic E-state index is 10.6. The molecule has 0 saturated heterocycles. The van der Waals surface area contributed by atoms with Crippen molar-refractivity contribution in [3.63, 3.8) is 0 Å². The lowest BCUT2D eigenvalue weighted by Gasteiger charge is -2.04. The molecular formula is C8H8O6S. The summed E-state index contributed by atoms with van der Waals surface area (Å²) in [5.41, 5.74) is 0.376. The van der Waals surface area contributed by atoms with Crippen molar-refractivity contribution in [2.45, 2.75) is 6.92 Å². The van der Waals surface area contributed by atoms with Gasteiger partial charge < -0.3 is 9.29 Å². The third-order valence-electron chi connectivity index (χ3n) is 1.63. The molecular weight excluding hydrogens is 224 g/mol. The Bertz CT molecular complexity index is 490. The average Bonchev–Trinajstić information content (AvgIpc) is 1.99. The van der Waals surface area contributed by atoms with Crippen LogP contribution in [0.2, 0.25) is 0 Å². The molecule has 1 aromatic rings. The average molecular weight is 232 g/mol. The maximum absolute atomic E-state index is 10.6. The minimum atomic E-state index is -4.57. The van der Waals surface area contributed by atoms with Gasteiger partial charge in [0, 0.05) is 0 Å². The number of hydrogen-bond donors (Lipinski definition) is 2. The lowest BCUT2D eigenvalue weighted by atomic mass is 10.1. The van der Waals surface area contributed by atoms with Crippen molar-refractivity contribution in [2.24, 2.45) is 0 Å². The van der Waals surface area contributed by atoms with Gasteiger partial charge in [-0.05, 0) is 30.7 Å². The van der Waals surface area contributed by atoms with Gasteiger partial charge in [-0.1, -0.05) is 0 Å². The summed E-state index contributed by atoms with van der Waals surface area (Å²) < 4.78 is 33.2. The fourth-order valence-electron chi connectivity index (χ4n) is 1.05. The topological polar surface area (TPSA) is 101 Å². The largest absolute Gasteiger partial charge is 0.478 e. The van der Waals surface area contributed by atoms with E-state index in [0.717, 1.165) is 6.07 Å². The molecule has 0 spiro atoms. The number of rotatable bonds is 3. The standard InChI is InChI=1S/C8H8O6S/c1-5-4-6(14-15(11,12)13)2-3-7(5)8(9)10/h2-4H,1H3,(H,9,10)(H,11,12,13). The van der Waals surface area contributed by atoms with Crippen molar-refractivity contribution in [1.82, 2.24) is 0 Å². The summed E-state index contributed by atoms with van der Waals surface area (Å²) in [7, 11) is -4.57. The van der Waals surface area contributed by atoms with E-state index in [1.807, 2.05) is 0 Å². The van der Waals surface area contributed by atoms with Crippen LogP contribution >= 0.6 is 0 Å². The summed E-state index contributed by atoms with van der Waals surface area (Å²) in [5.74, 6) is -1.26. The van der Waals surface area contributed by atoms with Gasteiger partial charge >= 0.3 is 16.4 Å². The Labute approximate surface area is 86.1 Å². The summed E-state index contributed by atoms with van der Waals surface area (Å²) in [4.78, 5) is 10.6. The van der Waals surface area contributed by atoms with Gasteiger partial charge in [0.05, 0.1) is 5.56 Å². The number of carboxylic acids is 1. The summed E-state index contributed by atoms with van der Waals surface area (Å²) >= 11 is 0. The van der Waals surface area contributed by atoms with Gasteiger partial charge in [-0.15, -0.1) is 0 Å². The summed E-state index contributed by atoms with van der Waals surface area (Å²) in [6, 6.07) is 3.54. The van der Waals surface area contributed by atoms with Crippen LogP contribution in [0, 0.1) is 6.92 Å². The van der Waals surface area contributed by atoms with Gasteiger partial charge in [-0.2, -0.15) is 8.42 Å². The number of benzene rings is 1. The summed E-state index contributed by atoms with van der Waals surface area (Å²) in [6.45, 7) is 1.49. The zero-order valence-electron chi connectivity index (χ0n) is 7.67. The van der Waals surface area contributed by atoms with Gasteiger partial charge in [0.15, 0.2) is 0 Å². The molecule has 0 atom stereocenters. The smallest absolute Gasteiger partial charge is 0.446 e. The number of aryl methyl sites for hydroxylation is 1. The Balaban J connectivity index is 3.07. The molecule has 1 rings (SSSR count). The molecule has 1 aromatic carbocycles. The quantitative estimate of drug-likeness (QED) is 0.750. The van der Waals surface area contributed by atoms with Crippen molar-refractivity contribution in [1.29, 1.82) is 0 Å². The van der Waals surface area contributed by atoms with E-state index in [9.17, 15) is 13.2 Å². The van der Waals surface area contributed by atoms with Gasteiger partial charge in [0.25, 0.3) is 0 Å². The second kappa shape index (κ2) is 3.87. The molecule has 7 heteroatoms. The minimum absolute atomic E-state index is 0.0395. The van der Waals surface area contributed by atoms with Crippen LogP contribution in [0.15, 0.2) is 18.2 Å². The predicted octanol–water partition coefficient (Wildman–Crippen LogP) is 0.875. The number of aromatic carboxylic acids is 1. The molecule has 15 heavy (non-hydrogen) atoms. The highest BCUT2D eigenvalue weighted by molar-refractivity contribution is 7.81. The van der Waals surface area contributed by atoms with Gasteiger partial charge in [0.2, 0.25) is 0 Å². The zero-order valence-corrected chi connectivity index (χ0v) is 8.48. The Morgan fingerprint density at radius 1 is 1.40 bits per heavy atom.